The molecule has 3 nitrogen and oxygen atoms in total. The van der Waals surface area contributed by atoms with Gasteiger partial charge in [0.2, 0.25) is 5.91 Å². The predicted octanol–water partition coefficient (Wildman–Crippen LogP) is 5.29. The number of thiazole rings is 1. The molecular weight excluding hydrogens is 384 g/mol. The van der Waals surface area contributed by atoms with E-state index in [-0.39, 0.29) is 11.9 Å². The van der Waals surface area contributed by atoms with Gasteiger partial charge in [-0.25, -0.2) is 4.98 Å². The molecular formula is C19H23BrN2OS. The van der Waals surface area contributed by atoms with E-state index >= 15 is 0 Å². The summed E-state index contributed by atoms with van der Waals surface area (Å²) >= 11 is 5.10. The molecule has 128 valence electrons. The third-order valence-corrected chi connectivity index (χ3v) is 5.95. The molecule has 1 heterocycles. The maximum absolute atomic E-state index is 12.8. The fraction of sp³-hybridized carbons (Fsp3) is 0.474. The zero-order valence-corrected chi connectivity index (χ0v) is 16.6. The quantitative estimate of drug-likeness (QED) is 0.674. The Morgan fingerprint density at radius 2 is 2.12 bits per heavy atom. The van der Waals surface area contributed by atoms with Crippen LogP contribution in [-0.4, -0.2) is 27.9 Å². The van der Waals surface area contributed by atoms with Crippen molar-refractivity contribution in [2.24, 2.45) is 0 Å². The zero-order chi connectivity index (χ0) is 17.1. The number of hydrogen-bond donors (Lipinski definition) is 0. The predicted molar refractivity (Wildman–Crippen MR) is 103 cm³/mol. The Balaban J connectivity index is 1.72. The minimum absolute atomic E-state index is 0.211. The fourth-order valence-corrected chi connectivity index (χ4v) is 4.70. The van der Waals surface area contributed by atoms with Gasteiger partial charge in [0, 0.05) is 27.5 Å². The molecule has 1 fully saturated rings. The molecule has 0 saturated heterocycles. The molecule has 1 aliphatic rings. The van der Waals surface area contributed by atoms with E-state index in [0.717, 1.165) is 33.6 Å². The van der Waals surface area contributed by atoms with Gasteiger partial charge in [0.1, 0.15) is 5.01 Å². The first-order valence-corrected chi connectivity index (χ1v) is 10.2. The topological polar surface area (TPSA) is 33.2 Å². The molecule has 24 heavy (non-hydrogen) atoms. The van der Waals surface area contributed by atoms with Crippen molar-refractivity contribution >= 4 is 33.2 Å². The molecule has 0 spiro atoms. The van der Waals surface area contributed by atoms with E-state index in [1.54, 1.807) is 11.3 Å². The number of benzene rings is 1. The normalized spacial score (nSPS) is 15.2. The maximum Gasteiger partial charge on any atom is 0.229 e. The largest absolute Gasteiger partial charge is 0.337 e. The molecule has 2 aromatic rings. The first-order chi connectivity index (χ1) is 11.5. The van der Waals surface area contributed by atoms with E-state index in [9.17, 15) is 4.79 Å². The van der Waals surface area contributed by atoms with Gasteiger partial charge in [0.25, 0.3) is 0 Å². The number of amides is 1. The van der Waals surface area contributed by atoms with Crippen molar-refractivity contribution in [1.82, 2.24) is 9.88 Å². The Morgan fingerprint density at radius 1 is 1.38 bits per heavy atom. The SMILES string of the molecule is CC(C)N(C(=O)Cc1csc(-c2cccc(Br)c2)n1)C1CCCC1. The summed E-state index contributed by atoms with van der Waals surface area (Å²) in [6.45, 7) is 4.23. The molecule has 0 N–H and O–H groups in total. The summed E-state index contributed by atoms with van der Waals surface area (Å²) in [5, 5.41) is 2.98. The molecule has 1 saturated carbocycles. The summed E-state index contributed by atoms with van der Waals surface area (Å²) in [7, 11) is 0. The van der Waals surface area contributed by atoms with Gasteiger partial charge < -0.3 is 4.90 Å². The van der Waals surface area contributed by atoms with E-state index in [2.05, 4.69) is 45.7 Å². The summed E-state index contributed by atoms with van der Waals surface area (Å²) in [6, 6.07) is 8.79. The number of carbonyl (C=O) groups is 1. The molecule has 0 radical (unpaired) electrons. The molecule has 5 heteroatoms. The number of halogens is 1. The Bertz CT molecular complexity index is 707. The lowest BCUT2D eigenvalue weighted by atomic mass is 10.1. The Labute approximate surface area is 156 Å². The van der Waals surface area contributed by atoms with Gasteiger partial charge in [-0.1, -0.05) is 40.9 Å². The monoisotopic (exact) mass is 406 g/mol. The Morgan fingerprint density at radius 3 is 2.79 bits per heavy atom. The van der Waals surface area contributed by atoms with E-state index in [1.165, 1.54) is 12.8 Å². The highest BCUT2D eigenvalue weighted by molar-refractivity contribution is 9.10. The van der Waals surface area contributed by atoms with Gasteiger partial charge in [0.15, 0.2) is 0 Å². The highest BCUT2D eigenvalue weighted by Gasteiger charge is 2.28. The smallest absolute Gasteiger partial charge is 0.229 e. The number of carbonyl (C=O) groups excluding carboxylic acids is 1. The van der Waals surface area contributed by atoms with Crippen LogP contribution in [0.3, 0.4) is 0 Å². The van der Waals surface area contributed by atoms with Crippen LogP contribution >= 0.6 is 27.3 Å². The van der Waals surface area contributed by atoms with Crippen LogP contribution < -0.4 is 0 Å². The van der Waals surface area contributed by atoms with Crippen LogP contribution in [0.25, 0.3) is 10.6 Å². The van der Waals surface area contributed by atoms with Gasteiger partial charge in [-0.05, 0) is 38.8 Å². The maximum atomic E-state index is 12.8. The van der Waals surface area contributed by atoms with Crippen molar-refractivity contribution in [3.05, 3.63) is 39.8 Å². The molecule has 0 aliphatic heterocycles. The van der Waals surface area contributed by atoms with Crippen LogP contribution in [0.15, 0.2) is 34.1 Å². The molecule has 1 aliphatic carbocycles. The van der Waals surface area contributed by atoms with Crippen molar-refractivity contribution in [3.63, 3.8) is 0 Å². The van der Waals surface area contributed by atoms with Crippen molar-refractivity contribution in [1.29, 1.82) is 0 Å². The van der Waals surface area contributed by atoms with Crippen LogP contribution in [0.5, 0.6) is 0 Å². The van der Waals surface area contributed by atoms with E-state index in [1.807, 2.05) is 23.6 Å². The molecule has 1 aromatic heterocycles. The molecule has 1 amide bonds. The highest BCUT2D eigenvalue weighted by atomic mass is 79.9. The van der Waals surface area contributed by atoms with Crippen LogP contribution in [0.2, 0.25) is 0 Å². The van der Waals surface area contributed by atoms with Crippen molar-refractivity contribution in [2.45, 2.75) is 58.0 Å². The second-order valence-electron chi connectivity index (χ2n) is 6.66. The van der Waals surface area contributed by atoms with Gasteiger partial charge in [-0.15, -0.1) is 11.3 Å². The third kappa shape index (κ3) is 4.06. The summed E-state index contributed by atoms with van der Waals surface area (Å²) in [6.07, 6.45) is 5.17. The average Bonchev–Trinajstić information content (AvgIpc) is 3.19. The summed E-state index contributed by atoms with van der Waals surface area (Å²) in [4.78, 5) is 19.6. The number of rotatable bonds is 5. The summed E-state index contributed by atoms with van der Waals surface area (Å²) < 4.78 is 1.04. The average molecular weight is 407 g/mol. The van der Waals surface area contributed by atoms with Crippen molar-refractivity contribution in [3.8, 4) is 10.6 Å². The molecule has 0 unspecified atom stereocenters. The zero-order valence-electron chi connectivity index (χ0n) is 14.2. The minimum Gasteiger partial charge on any atom is -0.337 e. The van der Waals surface area contributed by atoms with E-state index in [4.69, 9.17) is 0 Å². The third-order valence-electron chi connectivity index (χ3n) is 4.52. The Kier molecular flexibility index (Phi) is 5.72. The van der Waals surface area contributed by atoms with Gasteiger partial charge >= 0.3 is 0 Å². The number of aromatic nitrogens is 1. The Hall–Kier alpha value is -1.20. The fourth-order valence-electron chi connectivity index (χ4n) is 3.48. The standard InChI is InChI=1S/C19H23BrN2OS/c1-13(2)22(17-8-3-4-9-17)18(23)11-16-12-24-19(21-16)14-6-5-7-15(20)10-14/h5-7,10,12-13,17H,3-4,8-9,11H2,1-2H3. The minimum atomic E-state index is 0.211. The molecule has 0 bridgehead atoms. The summed E-state index contributed by atoms with van der Waals surface area (Å²) in [5.74, 6) is 0.211. The van der Waals surface area contributed by atoms with Gasteiger partial charge in [0.05, 0.1) is 12.1 Å². The van der Waals surface area contributed by atoms with Crippen LogP contribution in [0, 0.1) is 0 Å². The van der Waals surface area contributed by atoms with Gasteiger partial charge in [-0.2, -0.15) is 0 Å². The lowest BCUT2D eigenvalue weighted by molar-refractivity contribution is -0.134. The number of hydrogen-bond acceptors (Lipinski definition) is 3. The van der Waals surface area contributed by atoms with E-state index < -0.39 is 0 Å². The first kappa shape index (κ1) is 17.6. The van der Waals surface area contributed by atoms with Crippen LogP contribution in [0.4, 0.5) is 0 Å². The second-order valence-corrected chi connectivity index (χ2v) is 8.44. The molecule has 0 atom stereocenters. The highest BCUT2D eigenvalue weighted by Crippen LogP contribution is 2.28. The molecule has 1 aromatic carbocycles. The lowest BCUT2D eigenvalue weighted by Crippen LogP contribution is -2.44. The number of nitrogens with zero attached hydrogens (tertiary/aromatic N) is 2. The summed E-state index contributed by atoms with van der Waals surface area (Å²) in [5.41, 5.74) is 1.97. The molecule has 3 rings (SSSR count). The van der Waals surface area contributed by atoms with Crippen molar-refractivity contribution < 1.29 is 4.79 Å². The van der Waals surface area contributed by atoms with Gasteiger partial charge in [-0.3, -0.25) is 4.79 Å². The van der Waals surface area contributed by atoms with Crippen LogP contribution in [-0.2, 0) is 11.2 Å². The van der Waals surface area contributed by atoms with E-state index in [0.29, 0.717) is 12.5 Å². The second kappa shape index (κ2) is 7.79. The van der Waals surface area contributed by atoms with Crippen LogP contribution in [0.1, 0.15) is 45.2 Å². The van der Waals surface area contributed by atoms with Crippen molar-refractivity contribution in [2.75, 3.05) is 0 Å². The first-order valence-electron chi connectivity index (χ1n) is 8.56. The lowest BCUT2D eigenvalue weighted by Gasteiger charge is -2.32.